The first-order valence-corrected chi connectivity index (χ1v) is 10.0. The maximum Gasteiger partial charge on any atom is 0.341 e. The van der Waals surface area contributed by atoms with Gasteiger partial charge in [0.1, 0.15) is 0 Å². The highest BCUT2D eigenvalue weighted by Gasteiger charge is 2.32. The lowest BCUT2D eigenvalue weighted by Gasteiger charge is -2.17. The summed E-state index contributed by atoms with van der Waals surface area (Å²) >= 11 is 0. The van der Waals surface area contributed by atoms with Crippen molar-refractivity contribution >= 4 is 22.2 Å². The van der Waals surface area contributed by atoms with E-state index in [1.165, 1.54) is 17.7 Å². The average Bonchev–Trinajstić information content (AvgIpc) is 3.05. The van der Waals surface area contributed by atoms with Crippen LogP contribution in [0.4, 0.5) is 8.78 Å². The number of hydrogen-bond acceptors (Lipinski definition) is 4. The predicted octanol–water partition coefficient (Wildman–Crippen LogP) is 3.28. The van der Waals surface area contributed by atoms with Gasteiger partial charge in [0.05, 0.1) is 4.90 Å². The van der Waals surface area contributed by atoms with E-state index in [0.29, 0.717) is 24.9 Å². The van der Waals surface area contributed by atoms with E-state index in [2.05, 4.69) is 17.0 Å². The van der Waals surface area contributed by atoms with Crippen molar-refractivity contribution in [3.05, 3.63) is 65.7 Å². The summed E-state index contributed by atoms with van der Waals surface area (Å²) in [5.74, 6) is -2.68. The Morgan fingerprint density at radius 3 is 2.22 bits per heavy atom. The van der Waals surface area contributed by atoms with Gasteiger partial charge in [-0.2, -0.15) is 8.78 Å². The standard InChI is InChI=1S/C19H22F2N2O2S.ClH/c20-19(21)26(24,25)17-8-6-14(7-9-17)11-23-12-16(10-22)18(13-23)15-4-2-1-3-5-15;/h1-9,16,18-19H,10-13,22H2;1H/t16-,18+;/m1./s1. The molecule has 0 aliphatic carbocycles. The average molecular weight is 417 g/mol. The van der Waals surface area contributed by atoms with Crippen molar-refractivity contribution < 1.29 is 17.2 Å². The third kappa shape index (κ3) is 4.85. The molecule has 4 nitrogen and oxygen atoms in total. The summed E-state index contributed by atoms with van der Waals surface area (Å²) in [7, 11) is -4.54. The van der Waals surface area contributed by atoms with Crippen molar-refractivity contribution in [1.29, 1.82) is 0 Å². The highest BCUT2D eigenvalue weighted by Crippen LogP contribution is 2.33. The van der Waals surface area contributed by atoms with Crippen LogP contribution in [-0.2, 0) is 16.4 Å². The van der Waals surface area contributed by atoms with Gasteiger partial charge in [-0.1, -0.05) is 42.5 Å². The van der Waals surface area contributed by atoms with Crippen LogP contribution in [0.1, 0.15) is 17.0 Å². The van der Waals surface area contributed by atoms with E-state index >= 15 is 0 Å². The summed E-state index contributed by atoms with van der Waals surface area (Å²) in [4.78, 5) is 1.92. The Morgan fingerprint density at radius 1 is 1.04 bits per heavy atom. The van der Waals surface area contributed by atoms with Gasteiger partial charge in [-0.15, -0.1) is 12.4 Å². The van der Waals surface area contributed by atoms with Crippen molar-refractivity contribution in [1.82, 2.24) is 4.90 Å². The molecule has 1 saturated heterocycles. The number of alkyl halides is 2. The van der Waals surface area contributed by atoms with Crippen LogP contribution >= 0.6 is 12.4 Å². The maximum absolute atomic E-state index is 12.6. The normalized spacial score (nSPS) is 20.6. The molecule has 2 aromatic rings. The quantitative estimate of drug-likeness (QED) is 0.784. The van der Waals surface area contributed by atoms with Gasteiger partial charge in [-0.25, -0.2) is 8.42 Å². The Hall–Kier alpha value is -1.54. The van der Waals surface area contributed by atoms with Gasteiger partial charge in [0.25, 0.3) is 0 Å². The molecule has 1 fully saturated rings. The lowest BCUT2D eigenvalue weighted by atomic mass is 9.89. The van der Waals surface area contributed by atoms with E-state index < -0.39 is 15.6 Å². The SMILES string of the molecule is Cl.NC[C@@H]1CN(Cc2ccc(S(=O)(=O)C(F)F)cc2)C[C@H]1c1ccccc1. The molecule has 8 heteroatoms. The van der Waals surface area contributed by atoms with Gasteiger partial charge in [-0.3, -0.25) is 4.90 Å². The molecule has 3 rings (SSSR count). The lowest BCUT2D eigenvalue weighted by molar-refractivity contribution is 0.234. The number of nitrogens with two attached hydrogens (primary N) is 1. The Labute approximate surface area is 164 Å². The summed E-state index contributed by atoms with van der Waals surface area (Å²) in [6, 6.07) is 16.0. The zero-order chi connectivity index (χ0) is 18.7. The number of likely N-dealkylation sites (tertiary alicyclic amines) is 1. The van der Waals surface area contributed by atoms with Crippen LogP contribution in [0, 0.1) is 5.92 Å². The fourth-order valence-corrected chi connectivity index (χ4v) is 4.27. The molecule has 2 atom stereocenters. The molecule has 2 aromatic carbocycles. The van der Waals surface area contributed by atoms with Crippen LogP contribution in [0.5, 0.6) is 0 Å². The maximum atomic E-state index is 12.6. The molecule has 0 amide bonds. The molecule has 0 spiro atoms. The Morgan fingerprint density at radius 2 is 1.67 bits per heavy atom. The number of hydrogen-bond donors (Lipinski definition) is 1. The monoisotopic (exact) mass is 416 g/mol. The van der Waals surface area contributed by atoms with Crippen LogP contribution in [0.15, 0.2) is 59.5 Å². The minimum Gasteiger partial charge on any atom is -0.330 e. The zero-order valence-corrected chi connectivity index (χ0v) is 16.3. The van der Waals surface area contributed by atoms with Crippen LogP contribution in [0.2, 0.25) is 0 Å². The third-order valence-electron chi connectivity index (χ3n) is 4.94. The molecule has 0 saturated carbocycles. The molecule has 1 aliphatic rings. The van der Waals surface area contributed by atoms with Crippen LogP contribution in [-0.4, -0.2) is 38.7 Å². The minimum absolute atomic E-state index is 0. The van der Waals surface area contributed by atoms with Gasteiger partial charge >= 0.3 is 5.76 Å². The molecule has 2 N–H and O–H groups in total. The van der Waals surface area contributed by atoms with E-state index in [1.54, 1.807) is 12.1 Å². The van der Waals surface area contributed by atoms with Crippen LogP contribution in [0.3, 0.4) is 0 Å². The number of rotatable bonds is 6. The predicted molar refractivity (Wildman–Crippen MR) is 104 cm³/mol. The molecule has 1 aliphatic heterocycles. The lowest BCUT2D eigenvalue weighted by Crippen LogP contribution is -2.23. The summed E-state index contributed by atoms with van der Waals surface area (Å²) in [6.07, 6.45) is 0. The molecule has 0 radical (unpaired) electrons. The Kier molecular flexibility index (Phi) is 7.33. The first-order chi connectivity index (χ1) is 12.4. The van der Waals surface area contributed by atoms with E-state index in [9.17, 15) is 17.2 Å². The second-order valence-electron chi connectivity index (χ2n) is 6.66. The number of sulfone groups is 1. The van der Waals surface area contributed by atoms with Gasteiger partial charge in [-0.05, 0) is 35.7 Å². The number of benzene rings is 2. The summed E-state index contributed by atoms with van der Waals surface area (Å²) < 4.78 is 48.2. The van der Waals surface area contributed by atoms with Gasteiger partial charge in [0.2, 0.25) is 9.84 Å². The third-order valence-corrected chi connectivity index (χ3v) is 6.34. The fourth-order valence-electron chi connectivity index (χ4n) is 3.55. The Bertz CT molecular complexity index is 833. The molecule has 148 valence electrons. The summed E-state index contributed by atoms with van der Waals surface area (Å²) in [6.45, 7) is 2.95. The molecule has 0 aromatic heterocycles. The Balaban J connectivity index is 0.00000261. The van der Waals surface area contributed by atoms with E-state index in [0.717, 1.165) is 18.7 Å². The number of halogens is 3. The molecular weight excluding hydrogens is 394 g/mol. The van der Waals surface area contributed by atoms with Crippen molar-refractivity contribution in [2.75, 3.05) is 19.6 Å². The smallest absolute Gasteiger partial charge is 0.330 e. The van der Waals surface area contributed by atoms with Crippen molar-refractivity contribution in [2.45, 2.75) is 23.1 Å². The van der Waals surface area contributed by atoms with Crippen molar-refractivity contribution in [2.24, 2.45) is 11.7 Å². The van der Waals surface area contributed by atoms with Gasteiger partial charge in [0.15, 0.2) is 0 Å². The van der Waals surface area contributed by atoms with Crippen LogP contribution < -0.4 is 5.73 Å². The van der Waals surface area contributed by atoms with E-state index in [4.69, 9.17) is 5.73 Å². The highest BCUT2D eigenvalue weighted by molar-refractivity contribution is 7.91. The molecule has 0 bridgehead atoms. The van der Waals surface area contributed by atoms with Crippen molar-refractivity contribution in [3.8, 4) is 0 Å². The molecule has 0 unspecified atom stereocenters. The van der Waals surface area contributed by atoms with Gasteiger partial charge in [0, 0.05) is 25.6 Å². The molecular formula is C19H23ClF2N2O2S. The van der Waals surface area contributed by atoms with E-state index in [-0.39, 0.29) is 17.3 Å². The number of nitrogens with zero attached hydrogens (tertiary/aromatic N) is 1. The second kappa shape index (κ2) is 9.10. The minimum atomic E-state index is -4.54. The molecule has 1 heterocycles. The topological polar surface area (TPSA) is 63.4 Å². The van der Waals surface area contributed by atoms with Crippen molar-refractivity contribution in [3.63, 3.8) is 0 Å². The summed E-state index contributed by atoms with van der Waals surface area (Å²) in [5, 5.41) is 0. The first kappa shape index (κ1) is 21.8. The summed E-state index contributed by atoms with van der Waals surface area (Å²) in [5.41, 5.74) is 8.11. The highest BCUT2D eigenvalue weighted by atomic mass is 35.5. The van der Waals surface area contributed by atoms with Gasteiger partial charge < -0.3 is 5.73 Å². The fraction of sp³-hybridized carbons (Fsp3) is 0.368. The zero-order valence-electron chi connectivity index (χ0n) is 14.7. The first-order valence-electron chi connectivity index (χ1n) is 8.50. The van der Waals surface area contributed by atoms with E-state index in [1.807, 2.05) is 18.2 Å². The molecule has 27 heavy (non-hydrogen) atoms. The second-order valence-corrected chi connectivity index (χ2v) is 8.57. The van der Waals surface area contributed by atoms with Crippen LogP contribution in [0.25, 0.3) is 0 Å². The largest absolute Gasteiger partial charge is 0.341 e.